The lowest BCUT2D eigenvalue weighted by Gasteiger charge is -2.26. The van der Waals surface area contributed by atoms with Gasteiger partial charge >= 0.3 is 5.97 Å². The number of aromatic carboxylic acids is 1. The van der Waals surface area contributed by atoms with Gasteiger partial charge in [0.2, 0.25) is 0 Å². The number of carboxylic acids is 1. The third kappa shape index (κ3) is 2.43. The maximum absolute atomic E-state index is 10.8. The van der Waals surface area contributed by atoms with E-state index in [-0.39, 0.29) is 11.8 Å². The second-order valence-electron chi connectivity index (χ2n) is 4.28. The number of carboxylic acid groups (broad SMARTS) is 1. The largest absolute Gasteiger partial charge is 0.486 e. The molecule has 2 heterocycles. The normalized spacial score (nSPS) is 14.9. The highest BCUT2D eigenvalue weighted by Crippen LogP contribution is 2.24. The number of rotatable bonds is 4. The Labute approximate surface area is 109 Å². The van der Waals surface area contributed by atoms with Crippen molar-refractivity contribution in [3.05, 3.63) is 36.0 Å². The van der Waals surface area contributed by atoms with Crippen LogP contribution >= 0.6 is 0 Å². The molecular weight excluding hydrogens is 248 g/mol. The van der Waals surface area contributed by atoms with Crippen LogP contribution in [0, 0.1) is 0 Å². The van der Waals surface area contributed by atoms with Gasteiger partial charge in [-0.2, -0.15) is 5.10 Å². The van der Waals surface area contributed by atoms with Crippen molar-refractivity contribution in [2.45, 2.75) is 6.10 Å². The van der Waals surface area contributed by atoms with E-state index in [0.29, 0.717) is 18.9 Å². The van der Waals surface area contributed by atoms with Crippen LogP contribution in [0.15, 0.2) is 30.3 Å². The smallest absolute Gasteiger partial charge is 0.353 e. The molecule has 0 saturated carbocycles. The molecular formula is C13H12N2O4. The van der Waals surface area contributed by atoms with Crippen LogP contribution < -0.4 is 4.74 Å². The van der Waals surface area contributed by atoms with Crippen LogP contribution in [-0.2, 0) is 4.74 Å². The van der Waals surface area contributed by atoms with E-state index in [1.807, 2.05) is 24.3 Å². The zero-order valence-electron chi connectivity index (χ0n) is 10.00. The molecule has 0 bridgehead atoms. The van der Waals surface area contributed by atoms with Gasteiger partial charge in [0.1, 0.15) is 17.5 Å². The summed E-state index contributed by atoms with van der Waals surface area (Å²) < 4.78 is 10.7. The Morgan fingerprint density at radius 2 is 2.26 bits per heavy atom. The highest BCUT2D eigenvalue weighted by atomic mass is 16.6. The summed E-state index contributed by atoms with van der Waals surface area (Å²) in [5, 5.41) is 15.3. The maximum atomic E-state index is 10.8. The Bertz CT molecular complexity index is 604. The summed E-state index contributed by atoms with van der Waals surface area (Å²) in [4.78, 5) is 10.8. The first-order chi connectivity index (χ1) is 9.22. The molecule has 1 aliphatic heterocycles. The molecule has 0 amide bonds. The molecule has 0 spiro atoms. The number of aromatic nitrogens is 2. The zero-order valence-corrected chi connectivity index (χ0v) is 10.00. The summed E-state index contributed by atoms with van der Waals surface area (Å²) in [6, 6.07) is 8.88. The minimum Gasteiger partial charge on any atom is -0.486 e. The van der Waals surface area contributed by atoms with Crippen LogP contribution in [0.5, 0.6) is 5.75 Å². The SMILES string of the molecule is O=C(O)c1cc(-c2cccc(OC3COC3)c2)n[nH]1. The van der Waals surface area contributed by atoms with Gasteiger partial charge in [0.05, 0.1) is 18.9 Å². The van der Waals surface area contributed by atoms with Crippen molar-refractivity contribution >= 4 is 5.97 Å². The van der Waals surface area contributed by atoms with E-state index in [4.69, 9.17) is 14.6 Å². The fourth-order valence-corrected chi connectivity index (χ4v) is 1.78. The lowest BCUT2D eigenvalue weighted by molar-refractivity contribution is -0.0796. The average molecular weight is 260 g/mol. The van der Waals surface area contributed by atoms with Gasteiger partial charge in [-0.1, -0.05) is 12.1 Å². The molecule has 19 heavy (non-hydrogen) atoms. The fraction of sp³-hybridized carbons (Fsp3) is 0.231. The molecule has 1 aliphatic rings. The van der Waals surface area contributed by atoms with Gasteiger partial charge in [0, 0.05) is 5.56 Å². The highest BCUT2D eigenvalue weighted by molar-refractivity contribution is 5.86. The molecule has 1 fully saturated rings. The first-order valence-corrected chi connectivity index (χ1v) is 5.86. The molecule has 0 radical (unpaired) electrons. The van der Waals surface area contributed by atoms with Gasteiger partial charge in [-0.25, -0.2) is 4.79 Å². The molecule has 2 aromatic rings. The van der Waals surface area contributed by atoms with Crippen molar-refractivity contribution < 1.29 is 19.4 Å². The van der Waals surface area contributed by atoms with E-state index in [9.17, 15) is 4.79 Å². The summed E-state index contributed by atoms with van der Waals surface area (Å²) in [7, 11) is 0. The maximum Gasteiger partial charge on any atom is 0.353 e. The number of benzene rings is 1. The van der Waals surface area contributed by atoms with Gasteiger partial charge in [0.25, 0.3) is 0 Å². The van der Waals surface area contributed by atoms with Crippen LogP contribution in [0.4, 0.5) is 0 Å². The Kier molecular flexibility index (Phi) is 2.92. The Morgan fingerprint density at radius 3 is 2.89 bits per heavy atom. The van der Waals surface area contributed by atoms with Gasteiger partial charge in [0.15, 0.2) is 0 Å². The van der Waals surface area contributed by atoms with E-state index in [1.54, 1.807) is 0 Å². The first kappa shape index (κ1) is 11.7. The lowest BCUT2D eigenvalue weighted by atomic mass is 10.1. The molecule has 98 valence electrons. The Hall–Kier alpha value is -2.34. The quantitative estimate of drug-likeness (QED) is 0.871. The molecule has 6 nitrogen and oxygen atoms in total. The number of hydrogen-bond donors (Lipinski definition) is 2. The molecule has 3 rings (SSSR count). The predicted molar refractivity (Wildman–Crippen MR) is 66.2 cm³/mol. The number of hydrogen-bond acceptors (Lipinski definition) is 4. The zero-order chi connectivity index (χ0) is 13.2. The van der Waals surface area contributed by atoms with E-state index in [2.05, 4.69) is 10.2 Å². The molecule has 2 N–H and O–H groups in total. The van der Waals surface area contributed by atoms with Crippen molar-refractivity contribution in [3.63, 3.8) is 0 Å². The van der Waals surface area contributed by atoms with E-state index in [0.717, 1.165) is 11.3 Å². The summed E-state index contributed by atoms with van der Waals surface area (Å²) in [5.41, 5.74) is 1.45. The number of H-pyrrole nitrogens is 1. The Morgan fingerprint density at radius 1 is 1.42 bits per heavy atom. The number of nitrogens with one attached hydrogen (secondary N) is 1. The third-order valence-corrected chi connectivity index (χ3v) is 2.85. The number of nitrogens with zero attached hydrogens (tertiary/aromatic N) is 1. The van der Waals surface area contributed by atoms with Crippen LogP contribution in [-0.4, -0.2) is 40.6 Å². The van der Waals surface area contributed by atoms with E-state index < -0.39 is 5.97 Å². The minimum absolute atomic E-state index is 0.0636. The monoisotopic (exact) mass is 260 g/mol. The van der Waals surface area contributed by atoms with Crippen LogP contribution in [0.3, 0.4) is 0 Å². The molecule has 1 aromatic heterocycles. The highest BCUT2D eigenvalue weighted by Gasteiger charge is 2.20. The number of aromatic amines is 1. The number of ether oxygens (including phenoxy) is 2. The topological polar surface area (TPSA) is 84.4 Å². The van der Waals surface area contributed by atoms with Crippen molar-refractivity contribution in [1.29, 1.82) is 0 Å². The standard InChI is InChI=1S/C13H12N2O4/c16-13(17)12-5-11(14-15-12)8-2-1-3-9(4-8)19-10-6-18-7-10/h1-5,10H,6-7H2,(H,14,15)(H,16,17). The van der Waals surface area contributed by atoms with Crippen molar-refractivity contribution in [2.75, 3.05) is 13.2 Å². The first-order valence-electron chi connectivity index (χ1n) is 5.86. The second kappa shape index (κ2) is 4.74. The fourth-order valence-electron chi connectivity index (χ4n) is 1.78. The van der Waals surface area contributed by atoms with Gasteiger partial charge in [-0.3, -0.25) is 5.10 Å². The summed E-state index contributed by atoms with van der Waals surface area (Å²) in [6.07, 6.45) is 0.101. The van der Waals surface area contributed by atoms with Gasteiger partial charge < -0.3 is 14.6 Å². The Balaban J connectivity index is 1.82. The van der Waals surface area contributed by atoms with E-state index in [1.165, 1.54) is 6.07 Å². The molecule has 0 aliphatic carbocycles. The minimum atomic E-state index is -1.03. The van der Waals surface area contributed by atoms with E-state index >= 15 is 0 Å². The summed E-state index contributed by atoms with van der Waals surface area (Å²) in [5.74, 6) is -0.302. The predicted octanol–water partition coefficient (Wildman–Crippen LogP) is 1.55. The van der Waals surface area contributed by atoms with Crippen molar-refractivity contribution in [1.82, 2.24) is 10.2 Å². The second-order valence-corrected chi connectivity index (χ2v) is 4.28. The molecule has 6 heteroatoms. The van der Waals surface area contributed by atoms with Gasteiger partial charge in [-0.15, -0.1) is 0 Å². The lowest BCUT2D eigenvalue weighted by Crippen LogP contribution is -2.38. The molecule has 1 aromatic carbocycles. The summed E-state index contributed by atoms with van der Waals surface area (Å²) in [6.45, 7) is 1.21. The average Bonchev–Trinajstić information content (AvgIpc) is 2.84. The van der Waals surface area contributed by atoms with Crippen molar-refractivity contribution in [2.24, 2.45) is 0 Å². The number of carbonyl (C=O) groups is 1. The van der Waals surface area contributed by atoms with Crippen molar-refractivity contribution in [3.8, 4) is 17.0 Å². The van der Waals surface area contributed by atoms with Crippen LogP contribution in [0.2, 0.25) is 0 Å². The molecule has 0 unspecified atom stereocenters. The molecule has 0 atom stereocenters. The van der Waals surface area contributed by atoms with Crippen LogP contribution in [0.1, 0.15) is 10.5 Å². The third-order valence-electron chi connectivity index (χ3n) is 2.85. The summed E-state index contributed by atoms with van der Waals surface area (Å²) >= 11 is 0. The molecule has 1 saturated heterocycles. The van der Waals surface area contributed by atoms with Crippen LogP contribution in [0.25, 0.3) is 11.3 Å². The van der Waals surface area contributed by atoms with Gasteiger partial charge in [-0.05, 0) is 18.2 Å².